The van der Waals surface area contributed by atoms with Crippen LogP contribution in [0.25, 0.3) is 0 Å². The molecule has 2 fully saturated rings. The quantitative estimate of drug-likeness (QED) is 0.460. The normalized spacial score (nSPS) is 30.5. The maximum atomic E-state index is 4.62. The van der Waals surface area contributed by atoms with Crippen LogP contribution >= 0.6 is 0 Å². The molecule has 0 N–H and O–H groups in total. The Morgan fingerprint density at radius 1 is 0.636 bits per heavy atom. The average Bonchev–Trinajstić information content (AvgIpc) is 2.07. The lowest BCUT2D eigenvalue weighted by Crippen LogP contribution is -2.46. The van der Waals surface area contributed by atoms with E-state index in [0.717, 1.165) is 0 Å². The molecule has 6 nitrogen and oxygen atoms in total. The van der Waals surface area contributed by atoms with Crippen LogP contribution in [0, 0.1) is 5.41 Å². The molecule has 0 aliphatic carbocycles. The van der Waals surface area contributed by atoms with Gasteiger partial charge in [-0.25, -0.2) is 19.6 Å². The van der Waals surface area contributed by atoms with Crippen LogP contribution in [0.2, 0.25) is 0 Å². The second-order valence-corrected chi connectivity index (χ2v) is 2.68. The number of rotatable bonds is 0. The zero-order chi connectivity index (χ0) is 7.57. The molecule has 0 aromatic rings. The smallest absolute Gasteiger partial charge is 0.0980 e. The fraction of sp³-hybridized carbons (Fsp3) is 1.00. The van der Waals surface area contributed by atoms with Crippen molar-refractivity contribution in [3.8, 4) is 0 Å². The summed E-state index contributed by atoms with van der Waals surface area (Å²) in [5.41, 5.74) is -0.281. The molecule has 1 spiro atoms. The average molecular weight is 164 g/mol. The minimum Gasteiger partial charge on any atom is -0.205 e. The van der Waals surface area contributed by atoms with Gasteiger partial charge in [0.15, 0.2) is 0 Å². The minimum absolute atomic E-state index is 0.281. The third-order valence-corrected chi connectivity index (χ3v) is 1.65. The summed E-state index contributed by atoms with van der Waals surface area (Å²) in [4.78, 5) is 18.5. The van der Waals surface area contributed by atoms with Gasteiger partial charge in [0.25, 0.3) is 0 Å². The Hall–Kier alpha value is -0.240. The van der Waals surface area contributed by atoms with Gasteiger partial charge in [-0.1, -0.05) is 10.1 Å². The van der Waals surface area contributed by atoms with Crippen LogP contribution < -0.4 is 0 Å². The zero-order valence-electron chi connectivity index (χ0n) is 5.78. The molecule has 0 aromatic heterocycles. The molecule has 2 aliphatic heterocycles. The Bertz CT molecular complexity index is 105. The number of hydrogen-bond donors (Lipinski definition) is 0. The molecule has 0 amide bonds. The molecular weight excluding hydrogens is 156 g/mol. The van der Waals surface area contributed by atoms with Crippen LogP contribution in [0.15, 0.2) is 0 Å². The Kier molecular flexibility index (Phi) is 2.03. The van der Waals surface area contributed by atoms with Gasteiger partial charge in [0.2, 0.25) is 0 Å². The Labute approximate surface area is 62.6 Å². The first kappa shape index (κ1) is 7.41. The van der Waals surface area contributed by atoms with E-state index in [4.69, 9.17) is 0 Å². The predicted octanol–water partition coefficient (Wildman–Crippen LogP) is -0.240. The highest BCUT2D eigenvalue weighted by Gasteiger charge is 2.40. The maximum Gasteiger partial charge on any atom is 0.0980 e. The highest BCUT2D eigenvalue weighted by molar-refractivity contribution is 4.78. The summed E-state index contributed by atoms with van der Waals surface area (Å²) in [5, 5.41) is 8.49. The zero-order valence-corrected chi connectivity index (χ0v) is 5.78. The molecule has 2 aliphatic rings. The van der Waals surface area contributed by atoms with Crippen LogP contribution in [0.5, 0.6) is 0 Å². The Morgan fingerprint density at radius 2 is 1.00 bits per heavy atom. The molecule has 2 rings (SSSR count). The van der Waals surface area contributed by atoms with E-state index in [1.165, 1.54) is 0 Å². The van der Waals surface area contributed by atoms with E-state index in [-0.39, 0.29) is 5.41 Å². The molecule has 0 unspecified atom stereocenters. The van der Waals surface area contributed by atoms with Crippen LogP contribution in [-0.4, -0.2) is 26.4 Å². The van der Waals surface area contributed by atoms with Crippen molar-refractivity contribution >= 4 is 0 Å². The SMILES string of the molecule is C1OOOCC12COOOC2. The van der Waals surface area contributed by atoms with Crippen molar-refractivity contribution in [1.82, 2.24) is 0 Å². The molecular formula is C5H8O6. The molecule has 64 valence electrons. The molecule has 6 heteroatoms. The van der Waals surface area contributed by atoms with Gasteiger partial charge >= 0.3 is 0 Å². The fourth-order valence-electron chi connectivity index (χ4n) is 0.914. The van der Waals surface area contributed by atoms with Crippen LogP contribution in [0.3, 0.4) is 0 Å². The summed E-state index contributed by atoms with van der Waals surface area (Å²) in [6, 6.07) is 0. The van der Waals surface area contributed by atoms with Crippen molar-refractivity contribution in [3.63, 3.8) is 0 Å². The lowest BCUT2D eigenvalue weighted by Gasteiger charge is -2.34. The van der Waals surface area contributed by atoms with E-state index in [1.807, 2.05) is 0 Å². The van der Waals surface area contributed by atoms with Crippen molar-refractivity contribution in [2.75, 3.05) is 26.4 Å². The van der Waals surface area contributed by atoms with Gasteiger partial charge in [-0.2, -0.15) is 0 Å². The monoisotopic (exact) mass is 164 g/mol. The number of hydrogen-bond acceptors (Lipinski definition) is 6. The van der Waals surface area contributed by atoms with Gasteiger partial charge in [0.1, 0.15) is 0 Å². The summed E-state index contributed by atoms with van der Waals surface area (Å²) in [7, 11) is 0. The van der Waals surface area contributed by atoms with Crippen molar-refractivity contribution in [1.29, 1.82) is 0 Å². The lowest BCUT2D eigenvalue weighted by atomic mass is 9.92. The second-order valence-electron chi connectivity index (χ2n) is 2.68. The van der Waals surface area contributed by atoms with Gasteiger partial charge in [0, 0.05) is 0 Å². The molecule has 2 heterocycles. The first-order valence-corrected chi connectivity index (χ1v) is 3.24. The van der Waals surface area contributed by atoms with Crippen molar-refractivity contribution in [3.05, 3.63) is 0 Å². The summed E-state index contributed by atoms with van der Waals surface area (Å²) in [6.07, 6.45) is 0. The van der Waals surface area contributed by atoms with Crippen molar-refractivity contribution in [2.45, 2.75) is 0 Å². The standard InChI is InChI=1S/C5H8O6/c1-5(2-7-10-6-1)3-8-11-9-4-5/h1-4H2. The summed E-state index contributed by atoms with van der Waals surface area (Å²) in [5.74, 6) is 0. The topological polar surface area (TPSA) is 55.4 Å². The summed E-state index contributed by atoms with van der Waals surface area (Å²) >= 11 is 0. The Morgan fingerprint density at radius 3 is 1.36 bits per heavy atom. The first-order valence-electron chi connectivity index (χ1n) is 3.24. The molecule has 11 heavy (non-hydrogen) atoms. The largest absolute Gasteiger partial charge is 0.205 e. The van der Waals surface area contributed by atoms with Gasteiger partial charge in [0.05, 0.1) is 31.8 Å². The van der Waals surface area contributed by atoms with Gasteiger partial charge in [-0.3, -0.25) is 0 Å². The summed E-state index contributed by atoms with van der Waals surface area (Å²) in [6.45, 7) is 1.54. The molecule has 0 aromatic carbocycles. The van der Waals surface area contributed by atoms with E-state index in [0.29, 0.717) is 26.4 Å². The van der Waals surface area contributed by atoms with Crippen LogP contribution in [0.4, 0.5) is 0 Å². The van der Waals surface area contributed by atoms with E-state index in [9.17, 15) is 0 Å². The predicted molar refractivity (Wildman–Crippen MR) is 28.4 cm³/mol. The van der Waals surface area contributed by atoms with E-state index in [2.05, 4.69) is 29.6 Å². The molecule has 0 atom stereocenters. The molecule has 0 saturated carbocycles. The lowest BCUT2D eigenvalue weighted by molar-refractivity contribution is -0.596. The molecule has 0 bridgehead atoms. The molecule has 0 radical (unpaired) electrons. The molecule has 2 saturated heterocycles. The van der Waals surface area contributed by atoms with Crippen molar-refractivity contribution in [2.24, 2.45) is 5.41 Å². The maximum absolute atomic E-state index is 4.62. The second kappa shape index (κ2) is 3.02. The third-order valence-electron chi connectivity index (χ3n) is 1.65. The first-order chi connectivity index (χ1) is 5.41. The van der Waals surface area contributed by atoms with Crippen molar-refractivity contribution < 1.29 is 29.6 Å². The van der Waals surface area contributed by atoms with Gasteiger partial charge in [-0.05, 0) is 0 Å². The summed E-state index contributed by atoms with van der Waals surface area (Å²) < 4.78 is 0. The fourth-order valence-corrected chi connectivity index (χ4v) is 0.914. The highest BCUT2D eigenvalue weighted by atomic mass is 17.5. The highest BCUT2D eigenvalue weighted by Crippen LogP contribution is 2.26. The van der Waals surface area contributed by atoms with E-state index >= 15 is 0 Å². The van der Waals surface area contributed by atoms with Crippen LogP contribution in [0.1, 0.15) is 0 Å². The Balaban J connectivity index is 1.94. The minimum atomic E-state index is -0.281. The van der Waals surface area contributed by atoms with Crippen LogP contribution in [-0.2, 0) is 29.6 Å². The van der Waals surface area contributed by atoms with E-state index < -0.39 is 0 Å². The van der Waals surface area contributed by atoms with Gasteiger partial charge < -0.3 is 0 Å². The third kappa shape index (κ3) is 1.51. The van der Waals surface area contributed by atoms with E-state index in [1.54, 1.807) is 0 Å². The van der Waals surface area contributed by atoms with Gasteiger partial charge in [-0.15, -0.1) is 0 Å².